The van der Waals surface area contributed by atoms with Crippen molar-refractivity contribution in [3.8, 4) is 39.1 Å². The van der Waals surface area contributed by atoms with Crippen LogP contribution in [0.3, 0.4) is 0 Å². The van der Waals surface area contributed by atoms with Gasteiger partial charge in [-0.05, 0) is 134 Å². The zero-order valence-corrected chi connectivity index (χ0v) is 36.9. The molecular weight excluding hydrogens is 825 g/mol. The number of aromatic nitrogens is 1. The zero-order chi connectivity index (χ0) is 44.5. The van der Waals surface area contributed by atoms with Gasteiger partial charge in [-0.3, -0.25) is 0 Å². The lowest BCUT2D eigenvalue weighted by Gasteiger charge is -2.32. The predicted molar refractivity (Wildman–Crippen MR) is 282 cm³/mol. The van der Waals surface area contributed by atoms with Crippen LogP contribution >= 0.6 is 0 Å². The third-order valence-electron chi connectivity index (χ3n) is 15.0. The molecule has 3 heteroatoms. The lowest BCUT2D eigenvalue weighted by molar-refractivity contribution is 0.673. The summed E-state index contributed by atoms with van der Waals surface area (Å²) >= 11 is 0. The molecule has 0 bridgehead atoms. The minimum absolute atomic E-state index is 0.581. The largest absolute Gasteiger partial charge is 0.455 e. The van der Waals surface area contributed by atoms with E-state index in [9.17, 15) is 0 Å². The van der Waals surface area contributed by atoms with Crippen LogP contribution < -0.4 is 4.90 Å². The molecule has 2 aliphatic carbocycles. The molecule has 13 aromatic rings. The van der Waals surface area contributed by atoms with Crippen molar-refractivity contribution in [2.45, 2.75) is 5.41 Å². The van der Waals surface area contributed by atoms with Crippen molar-refractivity contribution in [3.05, 3.63) is 265 Å². The Kier molecular flexibility index (Phi) is 7.71. The van der Waals surface area contributed by atoms with E-state index in [0.29, 0.717) is 0 Å². The molecule has 0 saturated carbocycles. The van der Waals surface area contributed by atoms with Gasteiger partial charge in [0.05, 0.1) is 21.8 Å². The molecule has 3 nitrogen and oxygen atoms in total. The summed E-state index contributed by atoms with van der Waals surface area (Å²) < 4.78 is 9.79. The average Bonchev–Trinajstić information content (AvgIpc) is 4.13. The van der Waals surface area contributed by atoms with E-state index in [4.69, 9.17) is 4.42 Å². The maximum Gasteiger partial charge on any atom is 0.145 e. The second-order valence-electron chi connectivity index (χ2n) is 18.3. The van der Waals surface area contributed by atoms with Gasteiger partial charge in [0.15, 0.2) is 0 Å². The van der Waals surface area contributed by atoms with E-state index in [1.807, 2.05) is 0 Å². The smallest absolute Gasteiger partial charge is 0.145 e. The average molecular weight is 865 g/mol. The first-order valence-electron chi connectivity index (χ1n) is 23.5. The fraction of sp³-hybridized carbons (Fsp3) is 0.0154. The highest BCUT2D eigenvalue weighted by Gasteiger charge is 2.52. The summed E-state index contributed by atoms with van der Waals surface area (Å²) in [6.45, 7) is 0. The third kappa shape index (κ3) is 5.02. The standard InChI is InChI=1S/C65H40N2O/c1-3-17-45(18-4-1)66(47-31-29-42(30-32-47)44-28-27-41-15-7-8-16-43(41)39-44)48-33-34-50-49-21-9-12-24-55(49)65(58(50)40-48)56-25-13-10-22-53(56)61-57(65)37-35-51-52-36-38-60-62(64(52)68-63(51)61)54-23-11-14-26-59(54)67(60)46-19-5-2-6-20-46/h1-40H. The highest BCUT2D eigenvalue weighted by atomic mass is 16.3. The van der Waals surface area contributed by atoms with Crippen molar-refractivity contribution >= 4 is 71.6 Å². The Morgan fingerprint density at radius 3 is 1.81 bits per heavy atom. The van der Waals surface area contributed by atoms with E-state index in [-0.39, 0.29) is 0 Å². The molecule has 15 rings (SSSR count). The summed E-state index contributed by atoms with van der Waals surface area (Å²) in [5.74, 6) is 0. The van der Waals surface area contributed by atoms with Gasteiger partial charge >= 0.3 is 0 Å². The van der Waals surface area contributed by atoms with Crippen molar-refractivity contribution in [1.82, 2.24) is 4.57 Å². The molecule has 1 unspecified atom stereocenters. The minimum Gasteiger partial charge on any atom is -0.455 e. The Morgan fingerprint density at radius 1 is 0.353 bits per heavy atom. The second kappa shape index (κ2) is 14.0. The SMILES string of the molecule is c1ccc(N(c2ccc(-c3ccc4ccccc4c3)cc2)c2ccc3c(c2)C2(c4ccccc4-3)c3ccccc3-c3c2ccc2c3oc3c2ccc2c3c3ccccc3n2-c2ccccc2)cc1. The Balaban J connectivity index is 0.952. The molecule has 2 aromatic heterocycles. The molecule has 0 saturated heterocycles. The summed E-state index contributed by atoms with van der Waals surface area (Å²) in [5, 5.41) is 7.08. The fourth-order valence-corrected chi connectivity index (χ4v) is 12.1. The minimum atomic E-state index is -0.581. The summed E-state index contributed by atoms with van der Waals surface area (Å²) in [7, 11) is 0. The van der Waals surface area contributed by atoms with Crippen molar-refractivity contribution in [1.29, 1.82) is 0 Å². The number of para-hydroxylation sites is 3. The first-order valence-corrected chi connectivity index (χ1v) is 23.5. The van der Waals surface area contributed by atoms with Crippen LogP contribution in [0.1, 0.15) is 22.3 Å². The quantitative estimate of drug-likeness (QED) is 0.172. The van der Waals surface area contributed by atoms with Crippen molar-refractivity contribution in [2.75, 3.05) is 4.90 Å². The number of rotatable bonds is 5. The molecule has 68 heavy (non-hydrogen) atoms. The fourth-order valence-electron chi connectivity index (χ4n) is 12.1. The summed E-state index contributed by atoms with van der Waals surface area (Å²) in [5.41, 5.74) is 20.4. The number of furan rings is 1. The van der Waals surface area contributed by atoms with E-state index >= 15 is 0 Å². The molecule has 1 atom stereocenters. The molecular formula is C65H40N2O. The van der Waals surface area contributed by atoms with Crippen LogP contribution in [0.25, 0.3) is 93.6 Å². The highest BCUT2D eigenvalue weighted by molar-refractivity contribution is 6.25. The van der Waals surface area contributed by atoms with Crippen LogP contribution in [0.4, 0.5) is 17.1 Å². The molecule has 2 aliphatic rings. The zero-order valence-electron chi connectivity index (χ0n) is 36.9. The molecule has 0 amide bonds. The monoisotopic (exact) mass is 864 g/mol. The Hall–Kier alpha value is -8.92. The van der Waals surface area contributed by atoms with E-state index in [1.54, 1.807) is 0 Å². The van der Waals surface area contributed by atoms with Gasteiger partial charge in [0.2, 0.25) is 0 Å². The summed E-state index contributed by atoms with van der Waals surface area (Å²) in [4.78, 5) is 2.41. The van der Waals surface area contributed by atoms with Crippen LogP contribution in [0.5, 0.6) is 0 Å². The molecule has 2 heterocycles. The van der Waals surface area contributed by atoms with Gasteiger partial charge in [0, 0.05) is 44.5 Å². The predicted octanol–water partition coefficient (Wildman–Crippen LogP) is 17.3. The van der Waals surface area contributed by atoms with Crippen molar-refractivity contribution in [3.63, 3.8) is 0 Å². The molecule has 1 spiro atoms. The summed E-state index contributed by atoms with van der Waals surface area (Å²) in [6.07, 6.45) is 0. The van der Waals surface area contributed by atoms with Crippen LogP contribution in [0.15, 0.2) is 247 Å². The topological polar surface area (TPSA) is 21.3 Å². The first-order chi connectivity index (χ1) is 33.7. The number of hydrogen-bond donors (Lipinski definition) is 0. The molecule has 0 aliphatic heterocycles. The van der Waals surface area contributed by atoms with Gasteiger partial charge in [-0.25, -0.2) is 0 Å². The lowest BCUT2D eigenvalue weighted by Crippen LogP contribution is -2.26. The molecule has 11 aromatic carbocycles. The van der Waals surface area contributed by atoms with Gasteiger partial charge in [0.25, 0.3) is 0 Å². The normalized spacial score (nSPS) is 14.5. The summed E-state index contributed by atoms with van der Waals surface area (Å²) in [6, 6.07) is 89.0. The highest BCUT2D eigenvalue weighted by Crippen LogP contribution is 2.65. The van der Waals surface area contributed by atoms with Crippen LogP contribution in [0, 0.1) is 0 Å². The van der Waals surface area contributed by atoms with Crippen LogP contribution in [-0.2, 0) is 5.41 Å². The maximum absolute atomic E-state index is 7.42. The first kappa shape index (κ1) is 37.3. The van der Waals surface area contributed by atoms with E-state index in [0.717, 1.165) is 61.1 Å². The van der Waals surface area contributed by atoms with Gasteiger partial charge in [-0.2, -0.15) is 0 Å². The second-order valence-corrected chi connectivity index (χ2v) is 18.3. The van der Waals surface area contributed by atoms with E-state index < -0.39 is 5.41 Å². The van der Waals surface area contributed by atoms with Crippen LogP contribution in [-0.4, -0.2) is 4.57 Å². The van der Waals surface area contributed by atoms with Crippen molar-refractivity contribution in [2.24, 2.45) is 0 Å². The van der Waals surface area contributed by atoms with Gasteiger partial charge < -0.3 is 13.9 Å². The number of hydrogen-bond acceptors (Lipinski definition) is 2. The number of benzene rings is 11. The van der Waals surface area contributed by atoms with Crippen LogP contribution in [0.2, 0.25) is 0 Å². The number of anilines is 3. The molecule has 0 N–H and O–H groups in total. The van der Waals surface area contributed by atoms with E-state index in [2.05, 4.69) is 252 Å². The molecule has 0 fully saturated rings. The lowest BCUT2D eigenvalue weighted by atomic mass is 9.70. The Labute approximate surface area is 393 Å². The molecule has 316 valence electrons. The van der Waals surface area contributed by atoms with Crippen molar-refractivity contribution < 1.29 is 4.42 Å². The Bertz CT molecular complexity index is 4200. The van der Waals surface area contributed by atoms with Gasteiger partial charge in [-0.15, -0.1) is 0 Å². The molecule has 0 radical (unpaired) electrons. The number of nitrogens with zero attached hydrogens (tertiary/aromatic N) is 2. The number of fused-ring (bicyclic) bond motifs is 19. The maximum atomic E-state index is 7.42. The third-order valence-corrected chi connectivity index (χ3v) is 15.0. The Morgan fingerprint density at radius 2 is 0.971 bits per heavy atom. The van der Waals surface area contributed by atoms with Gasteiger partial charge in [0.1, 0.15) is 11.2 Å². The van der Waals surface area contributed by atoms with Gasteiger partial charge in [-0.1, -0.05) is 170 Å². The van der Waals surface area contributed by atoms with E-state index in [1.165, 1.54) is 71.8 Å².